The Hall–Kier alpha value is -1.19. The molecule has 1 atom stereocenters. The van der Waals surface area contributed by atoms with Crippen molar-refractivity contribution in [2.24, 2.45) is 0 Å². The van der Waals surface area contributed by atoms with Gasteiger partial charge in [0.1, 0.15) is 0 Å². The Balaban J connectivity index is 2.01. The predicted molar refractivity (Wildman–Crippen MR) is 78.3 cm³/mol. The van der Waals surface area contributed by atoms with Crippen molar-refractivity contribution in [1.82, 2.24) is 10.3 Å². The van der Waals surface area contributed by atoms with Crippen LogP contribution >= 0.6 is 11.3 Å². The van der Waals surface area contributed by atoms with Gasteiger partial charge < -0.3 is 5.32 Å². The van der Waals surface area contributed by atoms with Crippen LogP contribution in [0.4, 0.5) is 0 Å². The minimum Gasteiger partial charge on any atom is -0.316 e. The fourth-order valence-electron chi connectivity index (χ4n) is 2.01. The van der Waals surface area contributed by atoms with E-state index in [4.69, 9.17) is 0 Å². The van der Waals surface area contributed by atoms with Crippen LogP contribution < -0.4 is 5.32 Å². The van der Waals surface area contributed by atoms with Crippen molar-refractivity contribution in [2.75, 3.05) is 7.05 Å². The Morgan fingerprint density at radius 3 is 2.44 bits per heavy atom. The Labute approximate surface area is 113 Å². The molecule has 3 heteroatoms. The summed E-state index contributed by atoms with van der Waals surface area (Å²) >= 11 is 1.82. The van der Waals surface area contributed by atoms with E-state index in [0.717, 1.165) is 12.8 Å². The van der Waals surface area contributed by atoms with E-state index >= 15 is 0 Å². The molecule has 1 heterocycles. The van der Waals surface area contributed by atoms with Crippen LogP contribution in [0.15, 0.2) is 30.3 Å². The van der Waals surface area contributed by atoms with E-state index in [1.807, 2.05) is 18.4 Å². The lowest BCUT2D eigenvalue weighted by atomic mass is 10.0. The largest absolute Gasteiger partial charge is 0.316 e. The van der Waals surface area contributed by atoms with E-state index in [9.17, 15) is 0 Å². The number of thiazole rings is 1. The lowest BCUT2D eigenvalue weighted by molar-refractivity contribution is 0.555. The van der Waals surface area contributed by atoms with Gasteiger partial charge in [-0.25, -0.2) is 4.98 Å². The first-order valence-electron chi connectivity index (χ1n) is 6.33. The average molecular weight is 260 g/mol. The van der Waals surface area contributed by atoms with Crippen LogP contribution in [0.3, 0.4) is 0 Å². The summed E-state index contributed by atoms with van der Waals surface area (Å²) in [5.41, 5.74) is 2.55. The number of aryl methyl sites for hydroxylation is 2. The van der Waals surface area contributed by atoms with Crippen molar-refractivity contribution < 1.29 is 0 Å². The van der Waals surface area contributed by atoms with Crippen LogP contribution in [0.5, 0.6) is 0 Å². The smallest absolute Gasteiger partial charge is 0.0946 e. The van der Waals surface area contributed by atoms with Gasteiger partial charge in [0.05, 0.1) is 10.7 Å². The maximum atomic E-state index is 4.62. The Kier molecular flexibility index (Phi) is 4.50. The molecular formula is C15H20N2S. The number of likely N-dealkylation sites (N-methyl/N-ethyl adjacent to an activating group) is 1. The average Bonchev–Trinajstić information content (AvgIpc) is 2.69. The SMILES string of the molecule is CNC(Cc1ccccc1)Cc1nc(C)c(C)s1. The third kappa shape index (κ3) is 3.40. The summed E-state index contributed by atoms with van der Waals surface area (Å²) in [6, 6.07) is 11.1. The third-order valence-corrected chi connectivity index (χ3v) is 4.32. The fourth-order valence-corrected chi connectivity index (χ4v) is 3.03. The highest BCUT2D eigenvalue weighted by molar-refractivity contribution is 7.11. The topological polar surface area (TPSA) is 24.9 Å². The molecule has 0 aliphatic carbocycles. The van der Waals surface area contributed by atoms with Gasteiger partial charge in [-0.15, -0.1) is 11.3 Å². The zero-order valence-electron chi connectivity index (χ0n) is 11.2. The van der Waals surface area contributed by atoms with Crippen molar-refractivity contribution in [2.45, 2.75) is 32.7 Å². The van der Waals surface area contributed by atoms with Gasteiger partial charge in [-0.1, -0.05) is 30.3 Å². The molecule has 2 aromatic rings. The van der Waals surface area contributed by atoms with E-state index in [-0.39, 0.29) is 0 Å². The second-order valence-corrected chi connectivity index (χ2v) is 5.92. The summed E-state index contributed by atoms with van der Waals surface area (Å²) in [7, 11) is 2.03. The fraction of sp³-hybridized carbons (Fsp3) is 0.400. The molecule has 0 spiro atoms. The normalized spacial score (nSPS) is 12.6. The maximum Gasteiger partial charge on any atom is 0.0946 e. The minimum atomic E-state index is 0.456. The second-order valence-electron chi connectivity index (χ2n) is 4.63. The van der Waals surface area contributed by atoms with Gasteiger partial charge in [-0.3, -0.25) is 0 Å². The van der Waals surface area contributed by atoms with Crippen LogP contribution in [0, 0.1) is 13.8 Å². The molecule has 0 amide bonds. The van der Waals surface area contributed by atoms with Crippen molar-refractivity contribution in [3.63, 3.8) is 0 Å². The number of hydrogen-bond donors (Lipinski definition) is 1. The highest BCUT2D eigenvalue weighted by Gasteiger charge is 2.12. The van der Waals surface area contributed by atoms with E-state index in [2.05, 4.69) is 54.5 Å². The quantitative estimate of drug-likeness (QED) is 0.893. The van der Waals surface area contributed by atoms with Crippen molar-refractivity contribution in [3.05, 3.63) is 51.5 Å². The minimum absolute atomic E-state index is 0.456. The summed E-state index contributed by atoms with van der Waals surface area (Å²) in [5.74, 6) is 0. The Morgan fingerprint density at radius 2 is 1.89 bits per heavy atom. The number of nitrogens with one attached hydrogen (secondary N) is 1. The van der Waals surface area contributed by atoms with E-state index in [0.29, 0.717) is 6.04 Å². The Bertz CT molecular complexity index is 471. The van der Waals surface area contributed by atoms with E-state index in [1.165, 1.54) is 21.1 Å². The molecular weight excluding hydrogens is 240 g/mol. The first-order valence-corrected chi connectivity index (χ1v) is 7.14. The molecule has 1 aromatic heterocycles. The summed E-state index contributed by atoms with van der Waals surface area (Å²) in [4.78, 5) is 5.95. The van der Waals surface area contributed by atoms with Crippen LogP contribution in [0.1, 0.15) is 21.1 Å². The summed E-state index contributed by atoms with van der Waals surface area (Å²) in [6.07, 6.45) is 2.06. The molecule has 0 saturated heterocycles. The maximum absolute atomic E-state index is 4.62. The van der Waals surface area contributed by atoms with Crippen LogP contribution in [0.2, 0.25) is 0 Å². The first-order chi connectivity index (χ1) is 8.69. The standard InChI is InChI=1S/C15H20N2S/c1-11-12(2)18-15(17-11)10-14(16-3)9-13-7-5-4-6-8-13/h4-8,14,16H,9-10H2,1-3H3. The molecule has 0 bridgehead atoms. The lowest BCUT2D eigenvalue weighted by Gasteiger charge is -2.14. The molecule has 1 unspecified atom stereocenters. The molecule has 0 saturated carbocycles. The molecule has 2 nitrogen and oxygen atoms in total. The third-order valence-electron chi connectivity index (χ3n) is 3.23. The van der Waals surface area contributed by atoms with Crippen molar-refractivity contribution in [1.29, 1.82) is 0 Å². The number of nitrogens with zero attached hydrogens (tertiary/aromatic N) is 1. The van der Waals surface area contributed by atoms with Gasteiger partial charge in [-0.05, 0) is 32.9 Å². The number of benzene rings is 1. The lowest BCUT2D eigenvalue weighted by Crippen LogP contribution is -2.29. The van der Waals surface area contributed by atoms with E-state index < -0.39 is 0 Å². The molecule has 2 rings (SSSR count). The van der Waals surface area contributed by atoms with Gasteiger partial charge in [0, 0.05) is 17.3 Å². The summed E-state index contributed by atoms with van der Waals surface area (Å²) in [5, 5.41) is 4.63. The van der Waals surface area contributed by atoms with Crippen molar-refractivity contribution >= 4 is 11.3 Å². The highest BCUT2D eigenvalue weighted by atomic mass is 32.1. The zero-order chi connectivity index (χ0) is 13.0. The molecule has 1 aromatic carbocycles. The molecule has 1 N–H and O–H groups in total. The van der Waals surface area contributed by atoms with Gasteiger partial charge in [0.2, 0.25) is 0 Å². The van der Waals surface area contributed by atoms with E-state index in [1.54, 1.807) is 0 Å². The second kappa shape index (κ2) is 6.12. The van der Waals surface area contributed by atoms with Crippen molar-refractivity contribution in [3.8, 4) is 0 Å². The van der Waals surface area contributed by atoms with Crippen LogP contribution in [0.25, 0.3) is 0 Å². The number of aromatic nitrogens is 1. The van der Waals surface area contributed by atoms with Crippen LogP contribution in [-0.4, -0.2) is 18.1 Å². The molecule has 0 fully saturated rings. The summed E-state index contributed by atoms with van der Waals surface area (Å²) in [6.45, 7) is 4.23. The van der Waals surface area contributed by atoms with Gasteiger partial charge in [0.15, 0.2) is 0 Å². The monoisotopic (exact) mass is 260 g/mol. The molecule has 0 radical (unpaired) electrons. The predicted octanol–water partition coefficient (Wildman–Crippen LogP) is 3.13. The van der Waals surface area contributed by atoms with Gasteiger partial charge in [-0.2, -0.15) is 0 Å². The van der Waals surface area contributed by atoms with Gasteiger partial charge in [0.25, 0.3) is 0 Å². The van der Waals surface area contributed by atoms with Gasteiger partial charge >= 0.3 is 0 Å². The van der Waals surface area contributed by atoms with Crippen LogP contribution in [-0.2, 0) is 12.8 Å². The first kappa shape index (κ1) is 13.2. The number of hydrogen-bond acceptors (Lipinski definition) is 3. The highest BCUT2D eigenvalue weighted by Crippen LogP contribution is 2.18. The molecule has 18 heavy (non-hydrogen) atoms. The zero-order valence-corrected chi connectivity index (χ0v) is 12.1. The summed E-state index contributed by atoms with van der Waals surface area (Å²) < 4.78 is 0. The number of rotatable bonds is 5. The molecule has 0 aliphatic rings. The molecule has 0 aliphatic heterocycles. The Morgan fingerprint density at radius 1 is 1.17 bits per heavy atom. The molecule has 96 valence electrons.